The highest BCUT2D eigenvalue weighted by molar-refractivity contribution is 5.97. The molecular weight excluding hydrogens is 146 g/mol. The van der Waals surface area contributed by atoms with Crippen molar-refractivity contribution in [3.63, 3.8) is 0 Å². The number of nitriles is 1. The molecule has 0 rings (SSSR count). The first-order valence-corrected chi connectivity index (χ1v) is 2.99. The molecule has 5 heteroatoms. The summed E-state index contributed by atoms with van der Waals surface area (Å²) in [6.45, 7) is 1.30. The summed E-state index contributed by atoms with van der Waals surface area (Å²) in [6.07, 6.45) is 1.20. The topological polar surface area (TPSA) is 85.5 Å². The van der Waals surface area contributed by atoms with E-state index in [-0.39, 0.29) is 12.3 Å². The lowest BCUT2D eigenvalue weighted by Crippen LogP contribution is -2.34. The van der Waals surface area contributed by atoms with Crippen LogP contribution in [0.3, 0.4) is 0 Å². The zero-order valence-corrected chi connectivity index (χ0v) is 6.11. The van der Waals surface area contributed by atoms with Crippen molar-refractivity contribution >= 4 is 12.0 Å². The van der Waals surface area contributed by atoms with Crippen LogP contribution < -0.4 is 5.48 Å². The molecule has 0 heterocycles. The number of aliphatic imine (C=N–C) groups is 1. The fourth-order valence-corrected chi connectivity index (χ4v) is 0.428. The number of ketones is 1. The smallest absolute Gasteiger partial charge is 0.154 e. The standard InChI is InChI=1S/C6H9N3O2/c1-5(10)6(9-11)4-8-3-2-7/h4,6,9,11H,3H2,1H3. The van der Waals surface area contributed by atoms with Gasteiger partial charge in [0.15, 0.2) is 5.78 Å². The molecule has 0 spiro atoms. The molecule has 2 N–H and O–H groups in total. The normalized spacial score (nSPS) is 12.8. The molecule has 1 atom stereocenters. The minimum Gasteiger partial charge on any atom is -0.316 e. The van der Waals surface area contributed by atoms with Gasteiger partial charge in [0, 0.05) is 6.21 Å². The number of Topliss-reactive ketones (excluding diaryl/α,β-unsaturated/α-hetero) is 1. The van der Waals surface area contributed by atoms with Crippen LogP contribution in [0.15, 0.2) is 4.99 Å². The Balaban J connectivity index is 3.89. The minimum absolute atomic E-state index is 0.00847. The first-order chi connectivity index (χ1) is 5.22. The molecular formula is C6H9N3O2. The van der Waals surface area contributed by atoms with E-state index >= 15 is 0 Å². The monoisotopic (exact) mass is 155 g/mol. The molecule has 0 radical (unpaired) electrons. The second kappa shape index (κ2) is 5.53. The molecule has 0 bridgehead atoms. The van der Waals surface area contributed by atoms with Gasteiger partial charge in [-0.15, -0.1) is 0 Å². The van der Waals surface area contributed by atoms with Gasteiger partial charge in [-0.3, -0.25) is 9.79 Å². The van der Waals surface area contributed by atoms with Crippen LogP contribution in [-0.4, -0.2) is 29.8 Å². The molecule has 0 aromatic heterocycles. The number of rotatable bonds is 4. The van der Waals surface area contributed by atoms with E-state index < -0.39 is 6.04 Å². The summed E-state index contributed by atoms with van der Waals surface area (Å²) < 4.78 is 0. The molecule has 0 fully saturated rings. The Morgan fingerprint density at radius 1 is 2.00 bits per heavy atom. The number of hydrogen-bond acceptors (Lipinski definition) is 5. The fraction of sp³-hybridized carbons (Fsp3) is 0.500. The zero-order chi connectivity index (χ0) is 8.69. The van der Waals surface area contributed by atoms with Crippen molar-refractivity contribution in [1.29, 1.82) is 5.26 Å². The average Bonchev–Trinajstić information content (AvgIpc) is 1.97. The third kappa shape index (κ3) is 4.19. The van der Waals surface area contributed by atoms with Crippen molar-refractivity contribution in [2.45, 2.75) is 13.0 Å². The van der Waals surface area contributed by atoms with Crippen LogP contribution in [0, 0.1) is 11.3 Å². The Hall–Kier alpha value is -1.25. The van der Waals surface area contributed by atoms with Gasteiger partial charge in [0.05, 0.1) is 6.07 Å². The van der Waals surface area contributed by atoms with Crippen molar-refractivity contribution in [3.05, 3.63) is 0 Å². The molecule has 11 heavy (non-hydrogen) atoms. The van der Waals surface area contributed by atoms with Crippen LogP contribution in [0.1, 0.15) is 6.92 Å². The Labute approximate surface area is 64.3 Å². The maximum atomic E-state index is 10.6. The first kappa shape index (κ1) is 9.75. The third-order valence-corrected chi connectivity index (χ3v) is 0.994. The largest absolute Gasteiger partial charge is 0.316 e. The van der Waals surface area contributed by atoms with E-state index in [1.54, 1.807) is 11.5 Å². The molecule has 0 aromatic rings. The molecule has 0 aliphatic heterocycles. The van der Waals surface area contributed by atoms with Crippen molar-refractivity contribution in [2.24, 2.45) is 4.99 Å². The van der Waals surface area contributed by atoms with Crippen LogP contribution >= 0.6 is 0 Å². The predicted molar refractivity (Wildman–Crippen MR) is 38.4 cm³/mol. The van der Waals surface area contributed by atoms with Gasteiger partial charge < -0.3 is 5.21 Å². The highest BCUT2D eigenvalue weighted by atomic mass is 16.5. The van der Waals surface area contributed by atoms with Gasteiger partial charge in [-0.2, -0.15) is 10.7 Å². The molecule has 0 saturated carbocycles. The van der Waals surface area contributed by atoms with E-state index in [4.69, 9.17) is 10.5 Å². The number of carbonyl (C=O) groups excluding carboxylic acids is 1. The molecule has 1 unspecified atom stereocenters. The summed E-state index contributed by atoms with van der Waals surface area (Å²) >= 11 is 0. The number of nitrogens with one attached hydrogen (secondary N) is 1. The summed E-state index contributed by atoms with van der Waals surface area (Å²) in [5.41, 5.74) is 1.75. The number of nitrogens with zero attached hydrogens (tertiary/aromatic N) is 2. The molecule has 5 nitrogen and oxygen atoms in total. The molecule has 0 aromatic carbocycles. The maximum Gasteiger partial charge on any atom is 0.154 e. The van der Waals surface area contributed by atoms with Crippen LogP contribution in [0.4, 0.5) is 0 Å². The molecule has 0 saturated heterocycles. The average molecular weight is 155 g/mol. The van der Waals surface area contributed by atoms with Gasteiger partial charge in [-0.25, -0.2) is 0 Å². The number of hydroxylamine groups is 1. The highest BCUT2D eigenvalue weighted by Gasteiger charge is 2.07. The van der Waals surface area contributed by atoms with Crippen LogP contribution in [0.2, 0.25) is 0 Å². The van der Waals surface area contributed by atoms with Crippen molar-refractivity contribution in [2.75, 3.05) is 6.54 Å². The Kier molecular flexibility index (Phi) is 4.90. The van der Waals surface area contributed by atoms with Crippen molar-refractivity contribution < 1.29 is 10.0 Å². The van der Waals surface area contributed by atoms with Crippen molar-refractivity contribution in [1.82, 2.24) is 5.48 Å². The first-order valence-electron chi connectivity index (χ1n) is 2.99. The van der Waals surface area contributed by atoms with Gasteiger partial charge in [-0.1, -0.05) is 0 Å². The molecule has 0 amide bonds. The molecule has 60 valence electrons. The lowest BCUT2D eigenvalue weighted by Gasteiger charge is -2.02. The second-order valence-electron chi connectivity index (χ2n) is 1.87. The quantitative estimate of drug-likeness (QED) is 0.326. The highest BCUT2D eigenvalue weighted by Crippen LogP contribution is 1.80. The number of carbonyl (C=O) groups is 1. The van der Waals surface area contributed by atoms with E-state index in [0.29, 0.717) is 0 Å². The Morgan fingerprint density at radius 2 is 2.64 bits per heavy atom. The minimum atomic E-state index is -0.802. The zero-order valence-electron chi connectivity index (χ0n) is 6.11. The number of hydrogen-bond donors (Lipinski definition) is 2. The van der Waals surface area contributed by atoms with Gasteiger partial charge >= 0.3 is 0 Å². The summed E-state index contributed by atoms with van der Waals surface area (Å²) in [5.74, 6) is -0.255. The van der Waals surface area contributed by atoms with Crippen molar-refractivity contribution in [3.8, 4) is 6.07 Å². The van der Waals surface area contributed by atoms with Gasteiger partial charge in [0.2, 0.25) is 0 Å². The molecule has 0 aliphatic carbocycles. The van der Waals surface area contributed by atoms with E-state index in [1.165, 1.54) is 13.1 Å². The Bertz CT molecular complexity index is 194. The van der Waals surface area contributed by atoms with E-state index in [0.717, 1.165) is 0 Å². The maximum absolute atomic E-state index is 10.6. The SMILES string of the molecule is CC(=O)C(C=NCC#N)NO. The summed E-state index contributed by atoms with van der Waals surface area (Å²) in [6, 6.07) is 0.965. The van der Waals surface area contributed by atoms with Gasteiger partial charge in [0.25, 0.3) is 0 Å². The Morgan fingerprint density at radius 3 is 3.00 bits per heavy atom. The summed E-state index contributed by atoms with van der Waals surface area (Å²) in [5, 5.41) is 16.4. The van der Waals surface area contributed by atoms with E-state index in [1.807, 2.05) is 0 Å². The fourth-order valence-electron chi connectivity index (χ4n) is 0.428. The van der Waals surface area contributed by atoms with Gasteiger partial charge in [0.1, 0.15) is 12.6 Å². The van der Waals surface area contributed by atoms with Crippen LogP contribution in [-0.2, 0) is 4.79 Å². The predicted octanol–water partition coefficient (Wildman–Crippen LogP) is -0.483. The van der Waals surface area contributed by atoms with Gasteiger partial charge in [-0.05, 0) is 6.92 Å². The van der Waals surface area contributed by atoms with Crippen LogP contribution in [0.25, 0.3) is 0 Å². The van der Waals surface area contributed by atoms with E-state index in [2.05, 4.69) is 4.99 Å². The van der Waals surface area contributed by atoms with Crippen LogP contribution in [0.5, 0.6) is 0 Å². The lowest BCUT2D eigenvalue weighted by atomic mass is 10.2. The summed E-state index contributed by atoms with van der Waals surface area (Å²) in [7, 11) is 0. The second-order valence-corrected chi connectivity index (χ2v) is 1.87. The van der Waals surface area contributed by atoms with E-state index in [9.17, 15) is 4.79 Å². The summed E-state index contributed by atoms with van der Waals surface area (Å²) in [4.78, 5) is 14.1. The lowest BCUT2D eigenvalue weighted by molar-refractivity contribution is -0.119. The molecule has 0 aliphatic rings. The third-order valence-electron chi connectivity index (χ3n) is 0.994.